The van der Waals surface area contributed by atoms with Crippen LogP contribution in [-0.2, 0) is 18.4 Å². The fraction of sp³-hybridized carbons (Fsp3) is 0.733. The third kappa shape index (κ3) is 5.04. The summed E-state index contributed by atoms with van der Waals surface area (Å²) in [6.45, 7) is 12.2. The number of primary amides is 1. The first-order valence-electron chi connectivity index (χ1n) is 7.51. The summed E-state index contributed by atoms with van der Waals surface area (Å²) in [5.74, 6) is 1.09. The van der Waals surface area contributed by atoms with E-state index in [0.717, 1.165) is 30.2 Å². The van der Waals surface area contributed by atoms with Gasteiger partial charge in [0.1, 0.15) is 5.82 Å². The van der Waals surface area contributed by atoms with Crippen LogP contribution in [0.5, 0.6) is 0 Å². The van der Waals surface area contributed by atoms with Crippen molar-refractivity contribution in [2.75, 3.05) is 18.0 Å². The van der Waals surface area contributed by atoms with Crippen LogP contribution in [0.25, 0.3) is 0 Å². The van der Waals surface area contributed by atoms with E-state index in [4.69, 9.17) is 5.73 Å². The van der Waals surface area contributed by atoms with Crippen molar-refractivity contribution in [3.8, 4) is 0 Å². The first kappa shape index (κ1) is 17.5. The SMILES string of the molecule is Cc1nn(C)c(N(CC(N)=O)CC(C)C)c1CNC(C)C. The van der Waals surface area contributed by atoms with E-state index < -0.39 is 0 Å². The summed E-state index contributed by atoms with van der Waals surface area (Å²) in [5.41, 5.74) is 7.53. The van der Waals surface area contributed by atoms with E-state index >= 15 is 0 Å². The number of anilines is 1. The first-order valence-corrected chi connectivity index (χ1v) is 7.51. The lowest BCUT2D eigenvalue weighted by molar-refractivity contribution is -0.116. The number of rotatable bonds is 8. The van der Waals surface area contributed by atoms with Gasteiger partial charge in [-0.1, -0.05) is 27.7 Å². The predicted octanol–water partition coefficient (Wildman–Crippen LogP) is 1.17. The standard InChI is InChI=1S/C15H29N5O/c1-10(2)8-20(9-14(16)21)15-13(7-17-11(3)4)12(5)18-19(15)6/h10-11,17H,7-9H2,1-6H3,(H2,16,21). The average Bonchev–Trinajstić information content (AvgIpc) is 2.58. The second kappa shape index (κ2) is 7.45. The van der Waals surface area contributed by atoms with Gasteiger partial charge in [-0.05, 0) is 12.8 Å². The lowest BCUT2D eigenvalue weighted by atomic mass is 10.1. The van der Waals surface area contributed by atoms with Crippen LogP contribution < -0.4 is 16.0 Å². The molecule has 1 heterocycles. The molecular formula is C15H29N5O. The minimum atomic E-state index is -0.322. The van der Waals surface area contributed by atoms with Crippen LogP contribution in [0.15, 0.2) is 0 Å². The summed E-state index contributed by atoms with van der Waals surface area (Å²) < 4.78 is 1.85. The second-order valence-electron chi connectivity index (χ2n) is 6.29. The van der Waals surface area contributed by atoms with Crippen molar-refractivity contribution in [3.63, 3.8) is 0 Å². The van der Waals surface area contributed by atoms with Gasteiger partial charge >= 0.3 is 0 Å². The number of carbonyl (C=O) groups excluding carboxylic acids is 1. The van der Waals surface area contributed by atoms with Gasteiger partial charge in [0.05, 0.1) is 12.2 Å². The van der Waals surface area contributed by atoms with Crippen molar-refractivity contribution in [2.24, 2.45) is 18.7 Å². The average molecular weight is 295 g/mol. The largest absolute Gasteiger partial charge is 0.368 e. The Hall–Kier alpha value is -1.56. The molecule has 0 bridgehead atoms. The fourth-order valence-corrected chi connectivity index (χ4v) is 2.45. The molecule has 3 N–H and O–H groups in total. The van der Waals surface area contributed by atoms with Gasteiger partial charge in [-0.2, -0.15) is 5.10 Å². The Balaban J connectivity index is 3.12. The smallest absolute Gasteiger partial charge is 0.236 e. The number of carbonyl (C=O) groups is 1. The number of nitrogens with two attached hydrogens (primary N) is 1. The molecule has 6 heteroatoms. The lowest BCUT2D eigenvalue weighted by Gasteiger charge is -2.26. The van der Waals surface area contributed by atoms with E-state index in [1.807, 2.05) is 23.6 Å². The van der Waals surface area contributed by atoms with Crippen LogP contribution in [0.2, 0.25) is 0 Å². The minimum Gasteiger partial charge on any atom is -0.368 e. The summed E-state index contributed by atoms with van der Waals surface area (Å²) in [6, 6.07) is 0.396. The molecule has 1 amide bonds. The van der Waals surface area contributed by atoms with Crippen molar-refractivity contribution in [1.82, 2.24) is 15.1 Å². The molecule has 1 rings (SSSR count). The number of hydrogen-bond acceptors (Lipinski definition) is 4. The van der Waals surface area contributed by atoms with Gasteiger partial charge in [0.15, 0.2) is 0 Å². The Kier molecular flexibility index (Phi) is 6.20. The molecule has 0 fully saturated rings. The second-order valence-corrected chi connectivity index (χ2v) is 6.29. The van der Waals surface area contributed by atoms with E-state index in [-0.39, 0.29) is 12.5 Å². The van der Waals surface area contributed by atoms with Gasteiger partial charge in [0, 0.05) is 31.7 Å². The number of nitrogens with one attached hydrogen (secondary N) is 1. The van der Waals surface area contributed by atoms with Crippen molar-refractivity contribution in [2.45, 2.75) is 47.2 Å². The maximum absolute atomic E-state index is 11.4. The summed E-state index contributed by atoms with van der Waals surface area (Å²) in [6.07, 6.45) is 0. The normalized spacial score (nSPS) is 11.4. The molecule has 21 heavy (non-hydrogen) atoms. The Morgan fingerprint density at radius 1 is 1.38 bits per heavy atom. The molecule has 0 aliphatic rings. The van der Waals surface area contributed by atoms with Crippen molar-refractivity contribution in [1.29, 1.82) is 0 Å². The zero-order valence-corrected chi connectivity index (χ0v) is 14.1. The molecule has 0 atom stereocenters. The monoisotopic (exact) mass is 295 g/mol. The molecule has 0 unspecified atom stereocenters. The highest BCUT2D eigenvalue weighted by atomic mass is 16.1. The number of hydrogen-bond donors (Lipinski definition) is 2. The maximum atomic E-state index is 11.4. The lowest BCUT2D eigenvalue weighted by Crippen LogP contribution is -2.38. The van der Waals surface area contributed by atoms with Gasteiger partial charge in [-0.3, -0.25) is 9.48 Å². The Morgan fingerprint density at radius 2 is 2.00 bits per heavy atom. The van der Waals surface area contributed by atoms with Gasteiger partial charge in [0.2, 0.25) is 5.91 Å². The van der Waals surface area contributed by atoms with Gasteiger partial charge in [-0.15, -0.1) is 0 Å². The topological polar surface area (TPSA) is 76.2 Å². The maximum Gasteiger partial charge on any atom is 0.236 e. The van der Waals surface area contributed by atoms with Crippen LogP contribution in [0.4, 0.5) is 5.82 Å². The minimum absolute atomic E-state index is 0.214. The summed E-state index contributed by atoms with van der Waals surface area (Å²) in [4.78, 5) is 13.4. The molecule has 6 nitrogen and oxygen atoms in total. The number of amides is 1. The Labute approximate surface area is 127 Å². The van der Waals surface area contributed by atoms with Crippen LogP contribution in [0.1, 0.15) is 39.0 Å². The fourth-order valence-electron chi connectivity index (χ4n) is 2.45. The molecule has 0 aliphatic heterocycles. The third-order valence-electron chi connectivity index (χ3n) is 3.23. The van der Waals surface area contributed by atoms with Crippen molar-refractivity contribution in [3.05, 3.63) is 11.3 Å². The van der Waals surface area contributed by atoms with Crippen LogP contribution >= 0.6 is 0 Å². The van der Waals surface area contributed by atoms with Crippen LogP contribution in [0, 0.1) is 12.8 Å². The van der Waals surface area contributed by atoms with E-state index in [0.29, 0.717) is 12.0 Å². The van der Waals surface area contributed by atoms with E-state index in [1.54, 1.807) is 0 Å². The highest BCUT2D eigenvalue weighted by molar-refractivity contribution is 5.79. The summed E-state index contributed by atoms with van der Waals surface area (Å²) >= 11 is 0. The molecular weight excluding hydrogens is 266 g/mol. The third-order valence-corrected chi connectivity index (χ3v) is 3.23. The molecule has 1 aromatic heterocycles. The number of nitrogens with zero attached hydrogens (tertiary/aromatic N) is 3. The highest BCUT2D eigenvalue weighted by Crippen LogP contribution is 2.24. The molecule has 0 saturated heterocycles. The summed E-state index contributed by atoms with van der Waals surface area (Å²) in [7, 11) is 1.91. The molecule has 0 aromatic carbocycles. The molecule has 0 spiro atoms. The summed E-state index contributed by atoms with van der Waals surface area (Å²) in [5, 5.41) is 7.93. The number of aromatic nitrogens is 2. The van der Waals surface area contributed by atoms with Gasteiger partial charge in [-0.25, -0.2) is 0 Å². The number of aryl methyl sites for hydroxylation is 2. The van der Waals surface area contributed by atoms with Gasteiger partial charge in [0.25, 0.3) is 0 Å². The zero-order chi connectivity index (χ0) is 16.2. The van der Waals surface area contributed by atoms with Crippen molar-refractivity contribution >= 4 is 11.7 Å². The van der Waals surface area contributed by atoms with E-state index in [2.05, 4.69) is 38.1 Å². The molecule has 0 radical (unpaired) electrons. The Bertz CT molecular complexity index is 479. The van der Waals surface area contributed by atoms with Gasteiger partial charge < -0.3 is 16.0 Å². The molecule has 120 valence electrons. The first-order chi connectivity index (χ1) is 9.72. The quantitative estimate of drug-likeness (QED) is 0.755. The van der Waals surface area contributed by atoms with Crippen molar-refractivity contribution < 1.29 is 4.79 Å². The highest BCUT2D eigenvalue weighted by Gasteiger charge is 2.21. The molecule has 0 aliphatic carbocycles. The van der Waals surface area contributed by atoms with E-state index in [1.165, 1.54) is 0 Å². The van der Waals surface area contributed by atoms with Crippen LogP contribution in [0.3, 0.4) is 0 Å². The molecule has 0 saturated carbocycles. The zero-order valence-electron chi connectivity index (χ0n) is 14.1. The predicted molar refractivity (Wildman–Crippen MR) is 86.2 cm³/mol. The van der Waals surface area contributed by atoms with Crippen LogP contribution in [-0.4, -0.2) is 34.8 Å². The molecule has 1 aromatic rings. The Morgan fingerprint density at radius 3 is 2.48 bits per heavy atom. The van der Waals surface area contributed by atoms with E-state index in [9.17, 15) is 4.79 Å².